The molecule has 1 aliphatic heterocycles. The van der Waals surface area contributed by atoms with E-state index in [-0.39, 0.29) is 5.37 Å². The van der Waals surface area contributed by atoms with Gasteiger partial charge in [-0.1, -0.05) is 0 Å². The topological polar surface area (TPSA) is 63.4 Å². The third-order valence-electron chi connectivity index (χ3n) is 2.58. The zero-order chi connectivity index (χ0) is 11.3. The minimum atomic E-state index is -2.94. The summed E-state index contributed by atoms with van der Waals surface area (Å²) in [4.78, 5) is 2.08. The van der Waals surface area contributed by atoms with E-state index in [0.717, 1.165) is 31.7 Å². The fourth-order valence-corrected chi connectivity index (χ4v) is 4.70. The van der Waals surface area contributed by atoms with Crippen LogP contribution in [0.3, 0.4) is 0 Å². The molecule has 1 saturated heterocycles. The molecule has 2 N–H and O–H groups in total. The molecule has 15 heavy (non-hydrogen) atoms. The minimum absolute atomic E-state index is 0.283. The molecule has 0 saturated carbocycles. The van der Waals surface area contributed by atoms with Crippen molar-refractivity contribution in [1.82, 2.24) is 4.90 Å². The summed E-state index contributed by atoms with van der Waals surface area (Å²) in [5.74, 6) is 1.75. The van der Waals surface area contributed by atoms with E-state index in [2.05, 4.69) is 4.90 Å². The molecule has 0 aromatic rings. The predicted molar refractivity (Wildman–Crippen MR) is 65.8 cm³/mol. The molecule has 90 valence electrons. The second-order valence-corrected chi connectivity index (χ2v) is 7.24. The van der Waals surface area contributed by atoms with Gasteiger partial charge < -0.3 is 5.73 Å². The number of hydrogen-bond donors (Lipinski definition) is 1. The van der Waals surface area contributed by atoms with Crippen LogP contribution in [-0.2, 0) is 9.84 Å². The van der Waals surface area contributed by atoms with E-state index in [4.69, 9.17) is 5.73 Å². The van der Waals surface area contributed by atoms with Crippen LogP contribution in [0, 0.1) is 0 Å². The molecule has 1 heterocycles. The highest BCUT2D eigenvalue weighted by Crippen LogP contribution is 2.20. The molecule has 1 rings (SSSR count). The molecule has 0 radical (unpaired) electrons. The second-order valence-electron chi connectivity index (χ2n) is 3.89. The molecule has 1 unspecified atom stereocenters. The average Bonchev–Trinajstić information content (AvgIpc) is 2.17. The van der Waals surface area contributed by atoms with Crippen molar-refractivity contribution >= 4 is 21.6 Å². The standard InChI is InChI=1S/C9H20N2O2S2/c1-15(12,13)9-8-14-7-6-11(9)5-3-2-4-10/h9H,2-8,10H2,1H3. The summed E-state index contributed by atoms with van der Waals surface area (Å²) in [5.41, 5.74) is 5.42. The van der Waals surface area contributed by atoms with E-state index in [9.17, 15) is 8.42 Å². The average molecular weight is 252 g/mol. The zero-order valence-corrected chi connectivity index (χ0v) is 10.8. The first-order valence-electron chi connectivity index (χ1n) is 5.26. The summed E-state index contributed by atoms with van der Waals surface area (Å²) in [6, 6.07) is 0. The third kappa shape index (κ3) is 4.30. The van der Waals surface area contributed by atoms with Gasteiger partial charge in [0.15, 0.2) is 9.84 Å². The van der Waals surface area contributed by atoms with Gasteiger partial charge in [-0.25, -0.2) is 8.42 Å². The molecule has 0 aromatic heterocycles. The minimum Gasteiger partial charge on any atom is -0.330 e. The van der Waals surface area contributed by atoms with Crippen molar-refractivity contribution in [1.29, 1.82) is 0 Å². The smallest absolute Gasteiger partial charge is 0.164 e. The van der Waals surface area contributed by atoms with Crippen molar-refractivity contribution in [2.45, 2.75) is 18.2 Å². The Morgan fingerprint density at radius 2 is 2.20 bits per heavy atom. The van der Waals surface area contributed by atoms with Crippen LogP contribution in [0.4, 0.5) is 0 Å². The molecule has 0 aromatic carbocycles. The summed E-state index contributed by atoms with van der Waals surface area (Å²) in [5, 5.41) is -0.283. The van der Waals surface area contributed by atoms with Gasteiger partial charge in [-0.3, -0.25) is 4.90 Å². The quantitative estimate of drug-likeness (QED) is 0.705. The van der Waals surface area contributed by atoms with Crippen LogP contribution in [0.1, 0.15) is 12.8 Å². The van der Waals surface area contributed by atoms with E-state index in [1.54, 1.807) is 11.8 Å². The molecule has 0 bridgehead atoms. The van der Waals surface area contributed by atoms with Crippen LogP contribution in [0.5, 0.6) is 0 Å². The van der Waals surface area contributed by atoms with Crippen molar-refractivity contribution in [3.05, 3.63) is 0 Å². The van der Waals surface area contributed by atoms with Gasteiger partial charge in [0, 0.05) is 24.3 Å². The van der Waals surface area contributed by atoms with E-state index in [1.165, 1.54) is 6.26 Å². The summed E-state index contributed by atoms with van der Waals surface area (Å²) < 4.78 is 23.1. The van der Waals surface area contributed by atoms with Crippen LogP contribution >= 0.6 is 11.8 Å². The van der Waals surface area contributed by atoms with E-state index < -0.39 is 9.84 Å². The molecule has 0 aliphatic carbocycles. The molecule has 0 amide bonds. The lowest BCUT2D eigenvalue weighted by atomic mass is 10.3. The first-order chi connectivity index (χ1) is 7.05. The Morgan fingerprint density at radius 1 is 1.47 bits per heavy atom. The van der Waals surface area contributed by atoms with Gasteiger partial charge in [0.1, 0.15) is 5.37 Å². The number of hydrogen-bond acceptors (Lipinski definition) is 5. The first-order valence-corrected chi connectivity index (χ1v) is 8.37. The van der Waals surface area contributed by atoms with Crippen molar-refractivity contribution in [3.8, 4) is 0 Å². The van der Waals surface area contributed by atoms with E-state index in [1.807, 2.05) is 0 Å². The van der Waals surface area contributed by atoms with Crippen molar-refractivity contribution in [2.24, 2.45) is 5.73 Å². The highest BCUT2D eigenvalue weighted by atomic mass is 32.2. The van der Waals surface area contributed by atoms with Crippen LogP contribution in [0.2, 0.25) is 0 Å². The maximum absolute atomic E-state index is 11.5. The summed E-state index contributed by atoms with van der Waals surface area (Å²) >= 11 is 1.73. The zero-order valence-electron chi connectivity index (χ0n) is 9.18. The molecule has 6 heteroatoms. The lowest BCUT2D eigenvalue weighted by molar-refractivity contribution is 0.265. The lowest BCUT2D eigenvalue weighted by Crippen LogP contribution is -2.47. The van der Waals surface area contributed by atoms with Crippen LogP contribution in [0.15, 0.2) is 0 Å². The number of unbranched alkanes of at least 4 members (excludes halogenated alkanes) is 1. The normalized spacial score (nSPS) is 24.3. The predicted octanol–water partition coefficient (Wildman–Crippen LogP) is 0.145. The number of sulfone groups is 1. The van der Waals surface area contributed by atoms with Gasteiger partial charge >= 0.3 is 0 Å². The number of nitrogens with zero attached hydrogens (tertiary/aromatic N) is 1. The van der Waals surface area contributed by atoms with E-state index in [0.29, 0.717) is 12.3 Å². The van der Waals surface area contributed by atoms with Crippen molar-refractivity contribution in [2.75, 3.05) is 37.4 Å². The molecule has 4 nitrogen and oxygen atoms in total. The first kappa shape index (κ1) is 13.3. The van der Waals surface area contributed by atoms with Crippen molar-refractivity contribution < 1.29 is 8.42 Å². The van der Waals surface area contributed by atoms with Gasteiger partial charge in [-0.15, -0.1) is 0 Å². The fourth-order valence-electron chi connectivity index (χ4n) is 1.72. The van der Waals surface area contributed by atoms with Crippen LogP contribution in [0.25, 0.3) is 0 Å². The van der Waals surface area contributed by atoms with Crippen LogP contribution < -0.4 is 5.73 Å². The monoisotopic (exact) mass is 252 g/mol. The number of nitrogens with two attached hydrogens (primary N) is 1. The Bertz CT molecular complexity index is 280. The molecule has 0 spiro atoms. The Kier molecular flexibility index (Phi) is 5.38. The number of rotatable bonds is 5. The SMILES string of the molecule is CS(=O)(=O)C1CSCCN1CCCCN. The summed E-state index contributed by atoms with van der Waals surface area (Å²) in [6.07, 6.45) is 3.30. The summed E-state index contributed by atoms with van der Waals surface area (Å²) in [6.45, 7) is 2.43. The Hall–Kier alpha value is 0.220. The third-order valence-corrected chi connectivity index (χ3v) is 5.27. The highest BCUT2D eigenvalue weighted by molar-refractivity contribution is 8.00. The Morgan fingerprint density at radius 3 is 2.80 bits per heavy atom. The van der Waals surface area contributed by atoms with Gasteiger partial charge in [0.2, 0.25) is 0 Å². The molecule has 1 atom stereocenters. The Labute approximate surface area is 96.5 Å². The van der Waals surface area contributed by atoms with Gasteiger partial charge in [0.05, 0.1) is 0 Å². The fraction of sp³-hybridized carbons (Fsp3) is 1.00. The van der Waals surface area contributed by atoms with Crippen LogP contribution in [-0.4, -0.2) is 56.1 Å². The maximum Gasteiger partial charge on any atom is 0.164 e. The molecular formula is C9H20N2O2S2. The van der Waals surface area contributed by atoms with E-state index >= 15 is 0 Å². The highest BCUT2D eigenvalue weighted by Gasteiger charge is 2.30. The maximum atomic E-state index is 11.5. The van der Waals surface area contributed by atoms with Gasteiger partial charge in [0.25, 0.3) is 0 Å². The largest absolute Gasteiger partial charge is 0.330 e. The van der Waals surface area contributed by atoms with Gasteiger partial charge in [-0.2, -0.15) is 11.8 Å². The molecule has 1 fully saturated rings. The molecular weight excluding hydrogens is 232 g/mol. The second kappa shape index (κ2) is 6.08. The van der Waals surface area contributed by atoms with Crippen molar-refractivity contribution in [3.63, 3.8) is 0 Å². The number of thioether (sulfide) groups is 1. The molecule has 1 aliphatic rings. The summed E-state index contributed by atoms with van der Waals surface area (Å²) in [7, 11) is -2.94. The Balaban J connectivity index is 2.51. The van der Waals surface area contributed by atoms with Gasteiger partial charge in [-0.05, 0) is 25.9 Å². The lowest BCUT2D eigenvalue weighted by Gasteiger charge is -2.33.